The molecule has 2 aromatic carbocycles. The fourth-order valence-corrected chi connectivity index (χ4v) is 13.2. The zero-order valence-electron chi connectivity index (χ0n) is 37.9. The van der Waals surface area contributed by atoms with Gasteiger partial charge in [0.15, 0.2) is 11.6 Å². The fraction of sp³-hybridized carbons (Fsp3) is 0.615. The Hall–Kier alpha value is -4.13. The Bertz CT molecular complexity index is 2140. The van der Waals surface area contributed by atoms with Gasteiger partial charge in [0.1, 0.15) is 0 Å². The van der Waals surface area contributed by atoms with Crippen LogP contribution < -0.4 is 10.6 Å². The van der Waals surface area contributed by atoms with Crippen molar-refractivity contribution >= 4 is 23.4 Å². The molecule has 4 aliphatic carbocycles. The second-order valence-electron chi connectivity index (χ2n) is 20.3. The molecule has 2 heterocycles. The fourth-order valence-electron chi connectivity index (χ4n) is 13.2. The lowest BCUT2D eigenvalue weighted by atomic mass is 9.56. The third-order valence-electron chi connectivity index (χ3n) is 16.6. The number of carbonyl (C=O) groups excluding carboxylic acids is 4. The van der Waals surface area contributed by atoms with Gasteiger partial charge in [-0.15, -0.1) is 0 Å². The molecule has 8 rings (SSSR count). The number of nitrogens with one attached hydrogen (secondary N) is 2. The van der Waals surface area contributed by atoms with Crippen LogP contribution in [0.25, 0.3) is 0 Å². The van der Waals surface area contributed by atoms with Gasteiger partial charge >= 0.3 is 12.1 Å². The summed E-state index contributed by atoms with van der Waals surface area (Å²) < 4.78 is 45.6. The second kappa shape index (κ2) is 18.6. The van der Waals surface area contributed by atoms with E-state index in [1.54, 1.807) is 54.1 Å². The number of ketones is 2. The van der Waals surface area contributed by atoms with Gasteiger partial charge in [-0.1, -0.05) is 80.5 Å². The Morgan fingerprint density at radius 2 is 1.66 bits per heavy atom. The molecule has 2 aromatic rings. The lowest BCUT2D eigenvalue weighted by molar-refractivity contribution is -0.173. The van der Waals surface area contributed by atoms with Crippen LogP contribution in [-0.2, 0) is 14.3 Å². The first-order chi connectivity index (χ1) is 30.5. The highest BCUT2D eigenvalue weighted by Crippen LogP contribution is 2.65. The topological polar surface area (TPSA) is 125 Å². The van der Waals surface area contributed by atoms with E-state index in [1.165, 1.54) is 11.1 Å². The highest BCUT2D eigenvalue weighted by atomic mass is 19.4. The minimum Gasteiger partial charge on any atom is -0.393 e. The van der Waals surface area contributed by atoms with E-state index in [4.69, 9.17) is 4.74 Å². The van der Waals surface area contributed by atoms with Crippen molar-refractivity contribution in [3.63, 3.8) is 0 Å². The smallest absolute Gasteiger partial charge is 0.393 e. The van der Waals surface area contributed by atoms with E-state index in [0.717, 1.165) is 57.9 Å². The third kappa shape index (κ3) is 9.04. The summed E-state index contributed by atoms with van der Waals surface area (Å²) in [5, 5.41) is 15.3. The van der Waals surface area contributed by atoms with Crippen LogP contribution in [0.3, 0.4) is 0 Å². The molecule has 3 N–H and O–H groups in total. The lowest BCUT2D eigenvalue weighted by Gasteiger charge is -2.49. The van der Waals surface area contributed by atoms with Crippen molar-refractivity contribution in [2.45, 2.75) is 147 Å². The van der Waals surface area contributed by atoms with Crippen LogP contribution >= 0.6 is 0 Å². The van der Waals surface area contributed by atoms with E-state index in [1.807, 2.05) is 11.4 Å². The predicted octanol–water partition coefficient (Wildman–Crippen LogP) is 8.94. The molecular formula is C52H66F3N3O6. The highest BCUT2D eigenvalue weighted by molar-refractivity contribution is 6.09. The Balaban J connectivity index is 0.919. The number of benzene rings is 2. The van der Waals surface area contributed by atoms with Gasteiger partial charge in [-0.3, -0.25) is 24.1 Å². The molecule has 6 aliphatic rings. The van der Waals surface area contributed by atoms with Crippen molar-refractivity contribution in [1.82, 2.24) is 15.5 Å². The third-order valence-corrected chi connectivity index (χ3v) is 16.6. The minimum atomic E-state index is -4.98. The van der Waals surface area contributed by atoms with Crippen molar-refractivity contribution in [3.8, 4) is 0 Å². The number of amides is 2. The zero-order valence-corrected chi connectivity index (χ0v) is 37.9. The summed E-state index contributed by atoms with van der Waals surface area (Å²) >= 11 is 0. The van der Waals surface area contributed by atoms with Crippen molar-refractivity contribution < 1.29 is 42.2 Å². The van der Waals surface area contributed by atoms with E-state index in [9.17, 15) is 37.5 Å². The first-order valence-electron chi connectivity index (χ1n) is 23.9. The Labute approximate surface area is 376 Å². The lowest BCUT2D eigenvalue weighted by Crippen LogP contribution is -2.52. The SMILES string of the molecule is CC1=C2C[C@H]3[C@@H](CC=C4C[C@@H](O)CC[C@@]43C)[C@@H]2CC[C@]12O[C@@H]1C[C@H](C)CN(CCCC(=O)C(CCCCNC(=O)C(F)(F)F)NC(=O)c3ccc(C(=O)c4ccccc4)cc3)[C@H]1[C@H]2C. The van der Waals surface area contributed by atoms with E-state index in [0.29, 0.717) is 54.2 Å². The van der Waals surface area contributed by atoms with Crippen molar-refractivity contribution in [3.05, 3.63) is 94.1 Å². The van der Waals surface area contributed by atoms with Crippen LogP contribution in [-0.4, -0.2) is 89.1 Å². The maximum Gasteiger partial charge on any atom is 0.471 e. The van der Waals surface area contributed by atoms with Gasteiger partial charge in [-0.25, -0.2) is 0 Å². The number of hydrogen-bond donors (Lipinski definition) is 3. The van der Waals surface area contributed by atoms with Gasteiger partial charge in [0.25, 0.3) is 5.91 Å². The molecule has 2 amide bonds. The van der Waals surface area contributed by atoms with Crippen LogP contribution in [0.2, 0.25) is 0 Å². The molecule has 1 unspecified atom stereocenters. The number of halogens is 3. The van der Waals surface area contributed by atoms with Crippen molar-refractivity contribution in [1.29, 1.82) is 0 Å². The number of nitrogens with zero attached hydrogens (tertiary/aromatic N) is 1. The molecule has 11 atom stereocenters. The van der Waals surface area contributed by atoms with Crippen LogP contribution in [0.5, 0.6) is 0 Å². The molecule has 12 heteroatoms. The first kappa shape index (κ1) is 46.4. The minimum absolute atomic E-state index is 0.0927. The Morgan fingerprint density at radius 3 is 2.39 bits per heavy atom. The average Bonchev–Trinajstić information content (AvgIpc) is 3.80. The standard InChI is InChI=1S/C52H66F3N3O6/c1-31-27-45-46(33(3)51(64-45)24-22-39-40-20-19-37-28-38(59)21-23-50(37,4)42(40)29-41(39)32(51)2)58(30-31)26-10-14-44(60)43(13-8-9-25-56-49(63)52(53,54)55)57-48(62)36-17-15-35(16-18-36)47(61)34-11-6-5-7-12-34/h5-7,11-12,15-19,31,33,38-40,42-43,45-46,59H,8-10,13-14,20-30H2,1-4H3,(H,56,63)(H,57,62)/t31-,33+,38-,39-,40-,42-,43?,45+,46-,50-,51-/m0/s1. The van der Waals surface area contributed by atoms with E-state index in [-0.39, 0.29) is 78.1 Å². The summed E-state index contributed by atoms with van der Waals surface area (Å²) in [7, 11) is 0. The molecule has 0 aromatic heterocycles. The molecule has 2 saturated carbocycles. The number of alkyl halides is 3. The van der Waals surface area contributed by atoms with Crippen molar-refractivity contribution in [2.75, 3.05) is 19.6 Å². The molecule has 2 aliphatic heterocycles. The van der Waals surface area contributed by atoms with E-state index in [2.05, 4.69) is 44.0 Å². The molecule has 1 spiro atoms. The number of ether oxygens (including phenoxy) is 1. The Kier molecular flexibility index (Phi) is 13.5. The number of rotatable bonds is 14. The monoisotopic (exact) mass is 885 g/mol. The number of carbonyl (C=O) groups is 4. The highest BCUT2D eigenvalue weighted by Gasteiger charge is 2.61. The molecule has 0 bridgehead atoms. The number of fused-ring (bicyclic) bond motifs is 6. The summed E-state index contributed by atoms with van der Waals surface area (Å²) in [6, 6.07) is 14.4. The summed E-state index contributed by atoms with van der Waals surface area (Å²) in [5.41, 5.74) is 5.63. The average molecular weight is 886 g/mol. The van der Waals surface area contributed by atoms with Gasteiger partial charge in [-0.2, -0.15) is 13.2 Å². The number of allylic oxidation sites excluding steroid dienone is 2. The number of hydrogen-bond acceptors (Lipinski definition) is 7. The number of aliphatic hydroxyl groups excluding tert-OH is 1. The summed E-state index contributed by atoms with van der Waals surface area (Å²) in [6.07, 6.45) is 7.01. The summed E-state index contributed by atoms with van der Waals surface area (Å²) in [5.74, 6) is -0.288. The van der Waals surface area contributed by atoms with Gasteiger partial charge in [-0.05, 0) is 137 Å². The van der Waals surface area contributed by atoms with Crippen LogP contribution in [0, 0.1) is 35.0 Å². The number of Topliss-reactive ketones (excluding diaryl/α,β-unsaturated/α-hetero) is 1. The van der Waals surface area contributed by atoms with Crippen LogP contribution in [0.4, 0.5) is 13.2 Å². The molecule has 346 valence electrons. The number of aliphatic hydroxyl groups is 1. The van der Waals surface area contributed by atoms with E-state index >= 15 is 0 Å². The van der Waals surface area contributed by atoms with Crippen LogP contribution in [0.1, 0.15) is 137 Å². The zero-order chi connectivity index (χ0) is 45.6. The quantitative estimate of drug-likeness (QED) is 0.0984. The van der Waals surface area contributed by atoms with Gasteiger partial charge < -0.3 is 20.5 Å². The molecule has 64 heavy (non-hydrogen) atoms. The number of piperidine rings is 1. The predicted molar refractivity (Wildman–Crippen MR) is 238 cm³/mol. The molecular weight excluding hydrogens is 820 g/mol. The largest absolute Gasteiger partial charge is 0.471 e. The molecule has 9 nitrogen and oxygen atoms in total. The van der Waals surface area contributed by atoms with E-state index < -0.39 is 24.0 Å². The summed E-state index contributed by atoms with van der Waals surface area (Å²) in [4.78, 5) is 54.4. The van der Waals surface area contributed by atoms with Gasteiger partial charge in [0.05, 0.1) is 23.9 Å². The maximum atomic E-state index is 14.0. The van der Waals surface area contributed by atoms with Crippen molar-refractivity contribution in [2.24, 2.45) is 35.0 Å². The molecule has 0 radical (unpaired) electrons. The van der Waals surface area contributed by atoms with Crippen LogP contribution in [0.15, 0.2) is 77.4 Å². The molecule has 4 fully saturated rings. The molecule has 2 saturated heterocycles. The first-order valence-corrected chi connectivity index (χ1v) is 23.9. The second-order valence-corrected chi connectivity index (χ2v) is 20.3. The normalized spacial score (nSPS) is 32.8. The van der Waals surface area contributed by atoms with Gasteiger partial charge in [0.2, 0.25) is 0 Å². The number of likely N-dealkylation sites (tertiary alicyclic amines) is 1. The summed E-state index contributed by atoms with van der Waals surface area (Å²) in [6.45, 7) is 10.9. The Morgan fingerprint density at radius 1 is 0.938 bits per heavy atom. The maximum absolute atomic E-state index is 14.0. The van der Waals surface area contributed by atoms with Gasteiger partial charge in [0, 0.05) is 48.2 Å². The number of unbranched alkanes of at least 4 members (excludes halogenated alkanes) is 1.